The Morgan fingerprint density at radius 2 is 1.81 bits per heavy atom. The van der Waals surface area contributed by atoms with Crippen molar-refractivity contribution in [1.82, 2.24) is 0 Å². The summed E-state index contributed by atoms with van der Waals surface area (Å²) in [6.45, 7) is 1.85. The molecular weight excluding hydrogens is 422 g/mol. The molecule has 0 unspecified atom stereocenters. The van der Waals surface area contributed by atoms with Gasteiger partial charge in [0.2, 0.25) is 0 Å². The molecule has 0 spiro atoms. The van der Waals surface area contributed by atoms with Gasteiger partial charge >= 0.3 is 0 Å². The molecule has 0 atom stereocenters. The second kappa shape index (κ2) is 6.37. The van der Waals surface area contributed by atoms with Crippen molar-refractivity contribution in [2.24, 2.45) is 0 Å². The fourth-order valence-electron chi connectivity index (χ4n) is 1.85. The van der Waals surface area contributed by atoms with Gasteiger partial charge in [0, 0.05) is 14.6 Å². The van der Waals surface area contributed by atoms with Crippen LogP contribution in [0.3, 0.4) is 0 Å². The number of nitrogens with one attached hydrogen (secondary N) is 1. The Morgan fingerprint density at radius 1 is 1.10 bits per heavy atom. The molecular formula is C14H13Br2NO3S. The standard InChI is InChI=1S/C14H13Br2NO3S/c1-9-7-11(4-5-13(9)20-2)17-21(18,19)14-6-3-10(15)8-12(14)16/h3-8,17H,1-2H3. The quantitative estimate of drug-likeness (QED) is 0.778. The van der Waals surface area contributed by atoms with Crippen molar-refractivity contribution in [2.75, 3.05) is 11.8 Å². The number of methoxy groups -OCH3 is 1. The lowest BCUT2D eigenvalue weighted by atomic mass is 10.2. The average Bonchev–Trinajstić information content (AvgIpc) is 2.37. The zero-order valence-electron chi connectivity index (χ0n) is 11.4. The lowest BCUT2D eigenvalue weighted by molar-refractivity contribution is 0.412. The first kappa shape index (κ1) is 16.3. The molecule has 0 heterocycles. The molecule has 1 N–H and O–H groups in total. The Hall–Kier alpha value is -1.05. The van der Waals surface area contributed by atoms with E-state index >= 15 is 0 Å². The molecule has 7 heteroatoms. The second-order valence-corrected chi connectivity index (χ2v) is 7.79. The van der Waals surface area contributed by atoms with Gasteiger partial charge in [0.25, 0.3) is 10.0 Å². The third kappa shape index (κ3) is 3.78. The van der Waals surface area contributed by atoms with Gasteiger partial charge in [-0.25, -0.2) is 8.42 Å². The van der Waals surface area contributed by atoms with Crippen molar-refractivity contribution < 1.29 is 13.2 Å². The minimum atomic E-state index is -3.66. The monoisotopic (exact) mass is 433 g/mol. The van der Waals surface area contributed by atoms with E-state index in [9.17, 15) is 8.42 Å². The van der Waals surface area contributed by atoms with Gasteiger partial charge < -0.3 is 4.74 Å². The zero-order valence-corrected chi connectivity index (χ0v) is 15.3. The summed E-state index contributed by atoms with van der Waals surface area (Å²) in [6.07, 6.45) is 0. The molecule has 0 saturated carbocycles. The van der Waals surface area contributed by atoms with E-state index < -0.39 is 10.0 Å². The molecule has 0 bridgehead atoms. The van der Waals surface area contributed by atoms with Gasteiger partial charge in [0.1, 0.15) is 10.6 Å². The van der Waals surface area contributed by atoms with Gasteiger partial charge in [-0.2, -0.15) is 0 Å². The van der Waals surface area contributed by atoms with Crippen molar-refractivity contribution in [1.29, 1.82) is 0 Å². The fourth-order valence-corrected chi connectivity index (χ4v) is 4.64. The van der Waals surface area contributed by atoms with Gasteiger partial charge in [-0.3, -0.25) is 4.72 Å². The summed E-state index contributed by atoms with van der Waals surface area (Å²) >= 11 is 6.56. The highest BCUT2D eigenvalue weighted by molar-refractivity contribution is 9.11. The third-order valence-corrected chi connectivity index (χ3v) is 5.68. The van der Waals surface area contributed by atoms with Crippen LogP contribution in [0.15, 0.2) is 50.2 Å². The SMILES string of the molecule is COc1ccc(NS(=O)(=O)c2ccc(Br)cc2Br)cc1C. The summed E-state index contributed by atoms with van der Waals surface area (Å²) in [5, 5.41) is 0. The predicted molar refractivity (Wildman–Crippen MR) is 90.4 cm³/mol. The maximum absolute atomic E-state index is 12.4. The molecule has 0 aliphatic carbocycles. The van der Waals surface area contributed by atoms with E-state index in [0.717, 1.165) is 10.0 Å². The molecule has 21 heavy (non-hydrogen) atoms. The highest BCUT2D eigenvalue weighted by atomic mass is 79.9. The van der Waals surface area contributed by atoms with Crippen LogP contribution in [0.5, 0.6) is 5.75 Å². The third-order valence-electron chi connectivity index (χ3n) is 2.83. The molecule has 0 aromatic heterocycles. The molecule has 4 nitrogen and oxygen atoms in total. The Bertz CT molecular complexity index is 776. The largest absolute Gasteiger partial charge is 0.496 e. The van der Waals surface area contributed by atoms with Gasteiger partial charge in [-0.15, -0.1) is 0 Å². The highest BCUT2D eigenvalue weighted by Crippen LogP contribution is 2.28. The van der Waals surface area contributed by atoms with Crippen LogP contribution in [0.2, 0.25) is 0 Å². The van der Waals surface area contributed by atoms with E-state index in [-0.39, 0.29) is 4.90 Å². The van der Waals surface area contributed by atoms with E-state index in [4.69, 9.17) is 4.74 Å². The molecule has 2 aromatic rings. The average molecular weight is 435 g/mol. The summed E-state index contributed by atoms with van der Waals surface area (Å²) in [4.78, 5) is 0.180. The summed E-state index contributed by atoms with van der Waals surface area (Å²) < 4.78 is 33.8. The van der Waals surface area contributed by atoms with E-state index in [2.05, 4.69) is 36.6 Å². The first-order valence-corrected chi connectivity index (χ1v) is 9.03. The van der Waals surface area contributed by atoms with Crippen LogP contribution in [0.4, 0.5) is 5.69 Å². The van der Waals surface area contributed by atoms with Crippen LogP contribution in [0.1, 0.15) is 5.56 Å². The van der Waals surface area contributed by atoms with Crippen molar-refractivity contribution in [3.8, 4) is 5.75 Å². The van der Waals surface area contributed by atoms with Gasteiger partial charge in [-0.05, 0) is 64.8 Å². The lowest BCUT2D eigenvalue weighted by Crippen LogP contribution is -2.13. The molecule has 112 valence electrons. The Kier molecular flexibility index (Phi) is 4.95. The zero-order chi connectivity index (χ0) is 15.6. The predicted octanol–water partition coefficient (Wildman–Crippen LogP) is 4.33. The molecule has 0 amide bonds. The number of sulfonamides is 1. The van der Waals surface area contributed by atoms with E-state index in [1.807, 2.05) is 6.92 Å². The maximum atomic E-state index is 12.4. The van der Waals surface area contributed by atoms with Gasteiger partial charge in [0.05, 0.1) is 7.11 Å². The number of hydrogen-bond acceptors (Lipinski definition) is 3. The second-order valence-electron chi connectivity index (χ2n) is 4.36. The fraction of sp³-hybridized carbons (Fsp3) is 0.143. The van der Waals surface area contributed by atoms with Crippen LogP contribution >= 0.6 is 31.9 Å². The van der Waals surface area contributed by atoms with Gasteiger partial charge in [0.15, 0.2) is 0 Å². The summed E-state index contributed by atoms with van der Waals surface area (Å²) in [5.74, 6) is 0.711. The van der Waals surface area contributed by atoms with E-state index in [0.29, 0.717) is 15.9 Å². The Labute approximate surface area is 140 Å². The highest BCUT2D eigenvalue weighted by Gasteiger charge is 2.18. The molecule has 0 fully saturated rings. The number of halogens is 2. The molecule has 0 aliphatic rings. The number of rotatable bonds is 4. The van der Waals surface area contributed by atoms with Crippen LogP contribution in [0.25, 0.3) is 0 Å². The minimum Gasteiger partial charge on any atom is -0.496 e. The van der Waals surface area contributed by atoms with E-state index in [1.54, 1.807) is 37.4 Å². The smallest absolute Gasteiger partial charge is 0.263 e. The number of hydrogen-bond donors (Lipinski definition) is 1. The molecule has 0 aliphatic heterocycles. The van der Waals surface area contributed by atoms with Crippen LogP contribution < -0.4 is 9.46 Å². The molecule has 2 aromatic carbocycles. The topological polar surface area (TPSA) is 55.4 Å². The normalized spacial score (nSPS) is 11.2. The van der Waals surface area contributed by atoms with Crippen LogP contribution in [0, 0.1) is 6.92 Å². The molecule has 2 rings (SSSR count). The number of anilines is 1. The lowest BCUT2D eigenvalue weighted by Gasteiger charge is -2.12. The summed E-state index contributed by atoms with van der Waals surface area (Å²) in [6, 6.07) is 10.0. The first-order chi connectivity index (χ1) is 9.83. The first-order valence-electron chi connectivity index (χ1n) is 5.96. The molecule has 0 saturated heterocycles. The van der Waals surface area contributed by atoms with Crippen molar-refractivity contribution in [2.45, 2.75) is 11.8 Å². The maximum Gasteiger partial charge on any atom is 0.263 e. The Morgan fingerprint density at radius 3 is 2.38 bits per heavy atom. The van der Waals surface area contributed by atoms with Crippen LogP contribution in [-0.2, 0) is 10.0 Å². The van der Waals surface area contributed by atoms with Gasteiger partial charge in [-0.1, -0.05) is 15.9 Å². The number of ether oxygens (including phenoxy) is 1. The van der Waals surface area contributed by atoms with Crippen molar-refractivity contribution in [3.63, 3.8) is 0 Å². The van der Waals surface area contributed by atoms with Crippen molar-refractivity contribution in [3.05, 3.63) is 50.9 Å². The van der Waals surface area contributed by atoms with E-state index in [1.165, 1.54) is 6.07 Å². The number of benzene rings is 2. The molecule has 0 radical (unpaired) electrons. The number of aryl methyl sites for hydroxylation is 1. The van der Waals surface area contributed by atoms with Crippen molar-refractivity contribution >= 4 is 47.6 Å². The minimum absolute atomic E-state index is 0.180. The Balaban J connectivity index is 2.35. The summed E-state index contributed by atoms with van der Waals surface area (Å²) in [5.41, 5.74) is 1.34. The summed E-state index contributed by atoms with van der Waals surface area (Å²) in [7, 11) is -2.08. The van der Waals surface area contributed by atoms with Crippen LogP contribution in [-0.4, -0.2) is 15.5 Å².